The van der Waals surface area contributed by atoms with Crippen molar-refractivity contribution in [3.05, 3.63) is 64.1 Å². The molecule has 0 aliphatic heterocycles. The Morgan fingerprint density at radius 3 is 2.35 bits per heavy atom. The summed E-state index contributed by atoms with van der Waals surface area (Å²) in [7, 11) is 0. The molecule has 1 N–H and O–H groups in total. The predicted molar refractivity (Wildman–Crippen MR) is 79.6 cm³/mol. The van der Waals surface area contributed by atoms with E-state index in [2.05, 4.69) is 0 Å². The van der Waals surface area contributed by atoms with Gasteiger partial charge in [0.25, 0.3) is 0 Å². The second kappa shape index (κ2) is 6.46. The molecule has 0 amide bonds. The van der Waals surface area contributed by atoms with E-state index >= 15 is 0 Å². The number of halogens is 2. The van der Waals surface area contributed by atoms with Crippen LogP contribution >= 0.6 is 23.2 Å². The normalized spacial score (nSPS) is 10.7. The van der Waals surface area contributed by atoms with Crippen molar-refractivity contribution in [1.29, 1.82) is 0 Å². The lowest BCUT2D eigenvalue weighted by Gasteiger charge is -2.09. The SMILES string of the molecule is O=C(O)/C=C/c1ccc(Cl)cc1Oc1ccc(Cl)cc1. The molecule has 0 heterocycles. The number of benzene rings is 2. The smallest absolute Gasteiger partial charge is 0.328 e. The van der Waals surface area contributed by atoms with Crippen molar-refractivity contribution >= 4 is 35.2 Å². The van der Waals surface area contributed by atoms with Gasteiger partial charge in [0.05, 0.1) is 0 Å². The van der Waals surface area contributed by atoms with Gasteiger partial charge in [0, 0.05) is 27.8 Å². The van der Waals surface area contributed by atoms with E-state index < -0.39 is 5.97 Å². The van der Waals surface area contributed by atoms with Crippen LogP contribution in [0.1, 0.15) is 5.56 Å². The number of carboxylic acid groups (broad SMARTS) is 1. The lowest BCUT2D eigenvalue weighted by Crippen LogP contribution is -1.90. The fourth-order valence-electron chi connectivity index (χ4n) is 1.52. The number of aliphatic carboxylic acids is 1. The summed E-state index contributed by atoms with van der Waals surface area (Å²) in [6.45, 7) is 0. The zero-order valence-electron chi connectivity index (χ0n) is 10.2. The van der Waals surface area contributed by atoms with Crippen molar-refractivity contribution in [1.82, 2.24) is 0 Å². The highest BCUT2D eigenvalue weighted by atomic mass is 35.5. The van der Waals surface area contributed by atoms with Crippen LogP contribution in [-0.4, -0.2) is 11.1 Å². The molecule has 2 aromatic carbocycles. The molecule has 20 heavy (non-hydrogen) atoms. The molecule has 0 aliphatic rings. The van der Waals surface area contributed by atoms with Gasteiger partial charge < -0.3 is 9.84 Å². The van der Waals surface area contributed by atoms with Gasteiger partial charge in [0.2, 0.25) is 0 Å². The Bertz CT molecular complexity index is 649. The van der Waals surface area contributed by atoms with E-state index in [1.165, 1.54) is 6.08 Å². The Kier molecular flexibility index (Phi) is 4.66. The summed E-state index contributed by atoms with van der Waals surface area (Å²) in [6, 6.07) is 11.8. The number of carbonyl (C=O) groups is 1. The Balaban J connectivity index is 2.31. The second-order valence-electron chi connectivity index (χ2n) is 3.91. The zero-order valence-corrected chi connectivity index (χ0v) is 11.7. The fraction of sp³-hybridized carbons (Fsp3) is 0. The number of hydrogen-bond donors (Lipinski definition) is 1. The van der Waals surface area contributed by atoms with Crippen LogP contribution < -0.4 is 4.74 Å². The van der Waals surface area contributed by atoms with Crippen LogP contribution in [0.3, 0.4) is 0 Å². The summed E-state index contributed by atoms with van der Waals surface area (Å²) in [5.74, 6) is 0.0244. The topological polar surface area (TPSA) is 46.5 Å². The predicted octanol–water partition coefficient (Wildman–Crippen LogP) is 4.88. The standard InChI is InChI=1S/C15H10Cl2O3/c16-11-4-6-13(7-5-11)20-14-9-12(17)3-1-10(14)2-8-15(18)19/h1-9H,(H,18,19)/b8-2+. The molecule has 0 bridgehead atoms. The molecular formula is C15H10Cl2O3. The molecule has 3 nitrogen and oxygen atoms in total. The average molecular weight is 309 g/mol. The summed E-state index contributed by atoms with van der Waals surface area (Å²) in [5, 5.41) is 9.78. The summed E-state index contributed by atoms with van der Waals surface area (Å²) in [5.41, 5.74) is 0.617. The van der Waals surface area contributed by atoms with Crippen molar-refractivity contribution in [2.24, 2.45) is 0 Å². The highest BCUT2D eigenvalue weighted by Crippen LogP contribution is 2.30. The van der Waals surface area contributed by atoms with E-state index in [0.29, 0.717) is 27.1 Å². The summed E-state index contributed by atoms with van der Waals surface area (Å²) in [6.07, 6.45) is 2.49. The average Bonchev–Trinajstić information content (AvgIpc) is 2.40. The molecule has 102 valence electrons. The Morgan fingerprint density at radius 2 is 1.70 bits per heavy atom. The lowest BCUT2D eigenvalue weighted by molar-refractivity contribution is -0.131. The minimum absolute atomic E-state index is 0.470. The van der Waals surface area contributed by atoms with Crippen molar-refractivity contribution in [3.8, 4) is 11.5 Å². The monoisotopic (exact) mass is 308 g/mol. The van der Waals surface area contributed by atoms with Crippen molar-refractivity contribution in [2.45, 2.75) is 0 Å². The highest BCUT2D eigenvalue weighted by molar-refractivity contribution is 6.31. The maximum atomic E-state index is 10.6. The molecule has 2 rings (SSSR count). The minimum Gasteiger partial charge on any atom is -0.478 e. The van der Waals surface area contributed by atoms with Crippen LogP contribution in [0, 0.1) is 0 Å². The first kappa shape index (κ1) is 14.4. The third-order valence-corrected chi connectivity index (χ3v) is 2.91. The van der Waals surface area contributed by atoms with Gasteiger partial charge >= 0.3 is 5.97 Å². The Labute approximate surface area is 126 Å². The molecule has 5 heteroatoms. The number of rotatable bonds is 4. The zero-order chi connectivity index (χ0) is 14.5. The van der Waals surface area contributed by atoms with E-state index in [0.717, 1.165) is 6.08 Å². The number of ether oxygens (including phenoxy) is 1. The van der Waals surface area contributed by atoms with Crippen molar-refractivity contribution in [3.63, 3.8) is 0 Å². The van der Waals surface area contributed by atoms with Crippen LogP contribution in [0.4, 0.5) is 0 Å². The van der Waals surface area contributed by atoms with Gasteiger partial charge in [-0.05, 0) is 42.5 Å². The van der Waals surface area contributed by atoms with E-state index in [1.807, 2.05) is 0 Å². The van der Waals surface area contributed by atoms with E-state index in [4.69, 9.17) is 33.0 Å². The molecule has 0 aliphatic carbocycles. The molecule has 0 saturated carbocycles. The first-order valence-corrected chi connectivity index (χ1v) is 6.44. The second-order valence-corrected chi connectivity index (χ2v) is 4.78. The van der Waals surface area contributed by atoms with Gasteiger partial charge in [-0.15, -0.1) is 0 Å². The minimum atomic E-state index is -1.03. The largest absolute Gasteiger partial charge is 0.478 e. The van der Waals surface area contributed by atoms with E-state index in [-0.39, 0.29) is 0 Å². The van der Waals surface area contributed by atoms with E-state index in [9.17, 15) is 4.79 Å². The molecule has 0 saturated heterocycles. The molecule has 0 radical (unpaired) electrons. The van der Waals surface area contributed by atoms with Crippen LogP contribution in [0.5, 0.6) is 11.5 Å². The lowest BCUT2D eigenvalue weighted by atomic mass is 10.2. The molecule has 2 aromatic rings. The number of carboxylic acids is 1. The first-order valence-electron chi connectivity index (χ1n) is 5.68. The Morgan fingerprint density at radius 1 is 1.05 bits per heavy atom. The maximum Gasteiger partial charge on any atom is 0.328 e. The molecule has 0 unspecified atom stereocenters. The van der Waals surface area contributed by atoms with Crippen molar-refractivity contribution in [2.75, 3.05) is 0 Å². The summed E-state index contributed by atoms with van der Waals surface area (Å²) < 4.78 is 5.69. The third-order valence-electron chi connectivity index (χ3n) is 2.42. The first-order chi connectivity index (χ1) is 9.54. The highest BCUT2D eigenvalue weighted by Gasteiger charge is 2.05. The number of hydrogen-bond acceptors (Lipinski definition) is 2. The van der Waals surface area contributed by atoms with Gasteiger partial charge in [-0.25, -0.2) is 4.79 Å². The molecular weight excluding hydrogens is 299 g/mol. The van der Waals surface area contributed by atoms with Gasteiger partial charge in [-0.2, -0.15) is 0 Å². The maximum absolute atomic E-state index is 10.6. The van der Waals surface area contributed by atoms with Gasteiger partial charge in [-0.1, -0.05) is 23.2 Å². The fourth-order valence-corrected chi connectivity index (χ4v) is 1.81. The van der Waals surface area contributed by atoms with Crippen LogP contribution in [0.25, 0.3) is 6.08 Å². The third kappa shape index (κ3) is 4.02. The summed E-state index contributed by atoms with van der Waals surface area (Å²) in [4.78, 5) is 10.6. The quantitative estimate of drug-likeness (QED) is 0.818. The Hall–Kier alpha value is -1.97. The van der Waals surface area contributed by atoms with E-state index in [1.54, 1.807) is 42.5 Å². The molecule has 0 fully saturated rings. The molecule has 0 aromatic heterocycles. The molecule has 0 atom stereocenters. The molecule has 0 spiro atoms. The van der Waals surface area contributed by atoms with Gasteiger partial charge in [0.1, 0.15) is 11.5 Å². The summed E-state index contributed by atoms with van der Waals surface area (Å²) >= 11 is 11.7. The van der Waals surface area contributed by atoms with Crippen LogP contribution in [-0.2, 0) is 4.79 Å². The van der Waals surface area contributed by atoms with Crippen LogP contribution in [0.15, 0.2) is 48.5 Å². The van der Waals surface area contributed by atoms with Crippen LogP contribution in [0.2, 0.25) is 10.0 Å². The van der Waals surface area contributed by atoms with Crippen molar-refractivity contribution < 1.29 is 14.6 Å². The van der Waals surface area contributed by atoms with Gasteiger partial charge in [-0.3, -0.25) is 0 Å². The van der Waals surface area contributed by atoms with Gasteiger partial charge in [0.15, 0.2) is 0 Å².